The van der Waals surface area contributed by atoms with Crippen molar-refractivity contribution in [3.05, 3.63) is 134 Å². The standard InChI is InChI=1S/C72H118O6/c1-4-7-10-13-16-19-22-25-28-30-32-33-34-35-36-37-38-39-41-42-44-47-50-53-56-59-62-65-71(74)77-68-69(67-76-70(73)64-61-58-55-52-49-46-27-24-21-18-15-12-9-6-3)78-72(75)66-63-60-57-54-51-48-45-43-40-31-29-26-23-20-17-14-11-8-5-2/h7,10,16-17,19-20,25-26,28-29,32-33,35-36,38-40,42-44,50,53,69H,4-6,8-9,11-15,18,21-24,27,30-31,34,37,41,45-49,51-52,54-68H2,1-3H3/b10-7-,19-16-,20-17-,28-25-,29-26-,33-32-,36-35-,39-38-,43-40-,44-42-,53-50-. The molecule has 0 aromatic carbocycles. The molecule has 1 atom stereocenters. The minimum absolute atomic E-state index is 0.0988. The van der Waals surface area contributed by atoms with Crippen molar-refractivity contribution in [2.75, 3.05) is 13.2 Å². The summed E-state index contributed by atoms with van der Waals surface area (Å²) in [6, 6.07) is 0. The van der Waals surface area contributed by atoms with Gasteiger partial charge in [-0.2, -0.15) is 0 Å². The fourth-order valence-electron chi connectivity index (χ4n) is 8.58. The van der Waals surface area contributed by atoms with E-state index in [0.29, 0.717) is 25.7 Å². The summed E-state index contributed by atoms with van der Waals surface area (Å²) in [4.78, 5) is 38.3. The highest BCUT2D eigenvalue weighted by Crippen LogP contribution is 2.15. The summed E-state index contributed by atoms with van der Waals surface area (Å²) in [6.45, 7) is 6.46. The lowest BCUT2D eigenvalue weighted by Gasteiger charge is -2.18. The summed E-state index contributed by atoms with van der Waals surface area (Å²) in [5.74, 6) is -0.954. The number of esters is 3. The summed E-state index contributed by atoms with van der Waals surface area (Å²) < 4.78 is 16.9. The van der Waals surface area contributed by atoms with Crippen molar-refractivity contribution in [2.24, 2.45) is 0 Å². The van der Waals surface area contributed by atoms with E-state index in [-0.39, 0.29) is 31.1 Å². The van der Waals surface area contributed by atoms with Crippen LogP contribution in [-0.2, 0) is 28.6 Å². The zero-order chi connectivity index (χ0) is 56.4. The van der Waals surface area contributed by atoms with Gasteiger partial charge in [0.05, 0.1) is 0 Å². The molecule has 0 rings (SSSR count). The molecule has 442 valence electrons. The number of rotatable bonds is 57. The van der Waals surface area contributed by atoms with Crippen LogP contribution in [0.15, 0.2) is 134 Å². The minimum Gasteiger partial charge on any atom is -0.462 e. The molecule has 0 saturated carbocycles. The molecule has 0 fully saturated rings. The molecule has 0 aliphatic heterocycles. The number of hydrogen-bond acceptors (Lipinski definition) is 6. The van der Waals surface area contributed by atoms with Gasteiger partial charge in [-0.3, -0.25) is 14.4 Å². The summed E-state index contributed by atoms with van der Waals surface area (Å²) in [5.41, 5.74) is 0. The number of hydrogen-bond donors (Lipinski definition) is 0. The van der Waals surface area contributed by atoms with E-state index in [4.69, 9.17) is 14.2 Å². The average molecular weight is 1080 g/mol. The maximum Gasteiger partial charge on any atom is 0.306 e. The highest BCUT2D eigenvalue weighted by molar-refractivity contribution is 5.71. The normalized spacial score (nSPS) is 13.0. The lowest BCUT2D eigenvalue weighted by atomic mass is 10.0. The molecule has 0 bridgehead atoms. The molecule has 0 radical (unpaired) electrons. The Kier molecular flexibility index (Phi) is 61.4. The Bertz CT molecular complexity index is 1670. The topological polar surface area (TPSA) is 78.9 Å². The van der Waals surface area contributed by atoms with E-state index in [9.17, 15) is 14.4 Å². The SMILES string of the molecule is CC/C=C\C/C=C\C/C=C\C/C=C\C/C=C\C/C=C\C/C=C\C/C=C\CCCCC(=O)OCC(COC(=O)CCCCCCCCCCCCCCCC)OC(=O)CCCCCCCC/C=C\C/C=C\C/C=C\CCCCC. The second kappa shape index (κ2) is 65.1. The van der Waals surface area contributed by atoms with Gasteiger partial charge in [0.2, 0.25) is 0 Å². The molecule has 0 heterocycles. The fourth-order valence-corrected chi connectivity index (χ4v) is 8.58. The molecule has 0 aliphatic carbocycles. The highest BCUT2D eigenvalue weighted by atomic mass is 16.6. The van der Waals surface area contributed by atoms with Gasteiger partial charge in [-0.25, -0.2) is 0 Å². The molecular weight excluding hydrogens is 961 g/mol. The van der Waals surface area contributed by atoms with Crippen molar-refractivity contribution in [3.8, 4) is 0 Å². The predicted octanol–water partition coefficient (Wildman–Crippen LogP) is 22.2. The van der Waals surface area contributed by atoms with Gasteiger partial charge < -0.3 is 14.2 Å². The lowest BCUT2D eigenvalue weighted by molar-refractivity contribution is -0.167. The van der Waals surface area contributed by atoms with Gasteiger partial charge in [-0.15, -0.1) is 0 Å². The van der Waals surface area contributed by atoms with Crippen molar-refractivity contribution in [1.82, 2.24) is 0 Å². The van der Waals surface area contributed by atoms with Gasteiger partial charge in [0, 0.05) is 19.3 Å². The predicted molar refractivity (Wildman–Crippen MR) is 339 cm³/mol. The second-order valence-electron chi connectivity index (χ2n) is 20.9. The average Bonchev–Trinajstić information content (AvgIpc) is 3.44. The molecular formula is C72H118O6. The number of unbranched alkanes of at least 4 members (excludes halogenated alkanes) is 24. The van der Waals surface area contributed by atoms with Crippen molar-refractivity contribution in [1.29, 1.82) is 0 Å². The summed E-state index contributed by atoms with van der Waals surface area (Å²) in [5, 5.41) is 0. The second-order valence-corrected chi connectivity index (χ2v) is 20.9. The lowest BCUT2D eigenvalue weighted by Crippen LogP contribution is -2.30. The number of allylic oxidation sites excluding steroid dienone is 22. The van der Waals surface area contributed by atoms with Crippen molar-refractivity contribution >= 4 is 17.9 Å². The van der Waals surface area contributed by atoms with Gasteiger partial charge in [0.25, 0.3) is 0 Å². The Balaban J connectivity index is 4.47. The van der Waals surface area contributed by atoms with Crippen LogP contribution >= 0.6 is 0 Å². The van der Waals surface area contributed by atoms with Crippen LogP contribution in [0.25, 0.3) is 0 Å². The Labute approximate surface area is 481 Å². The molecule has 6 heteroatoms. The van der Waals surface area contributed by atoms with Gasteiger partial charge in [0.1, 0.15) is 13.2 Å². The molecule has 0 N–H and O–H groups in total. The van der Waals surface area contributed by atoms with E-state index in [2.05, 4.69) is 154 Å². The number of carbonyl (C=O) groups excluding carboxylic acids is 3. The molecule has 1 unspecified atom stereocenters. The Morgan fingerprint density at radius 2 is 0.500 bits per heavy atom. The van der Waals surface area contributed by atoms with Crippen LogP contribution in [0, 0.1) is 0 Å². The quantitative estimate of drug-likeness (QED) is 0.0261. The smallest absolute Gasteiger partial charge is 0.306 e. The van der Waals surface area contributed by atoms with Crippen LogP contribution in [0.4, 0.5) is 0 Å². The first kappa shape index (κ1) is 73.5. The van der Waals surface area contributed by atoms with Crippen molar-refractivity contribution < 1.29 is 28.6 Å². The first-order chi connectivity index (χ1) is 38.5. The molecule has 0 aromatic heterocycles. The molecule has 0 aliphatic rings. The summed E-state index contributed by atoms with van der Waals surface area (Å²) in [7, 11) is 0. The molecule has 78 heavy (non-hydrogen) atoms. The maximum absolute atomic E-state index is 12.9. The maximum atomic E-state index is 12.9. The van der Waals surface area contributed by atoms with E-state index in [0.717, 1.165) is 128 Å². The summed E-state index contributed by atoms with van der Waals surface area (Å²) in [6.07, 6.45) is 91.6. The molecule has 6 nitrogen and oxygen atoms in total. The minimum atomic E-state index is -0.808. The molecule has 0 amide bonds. The van der Waals surface area contributed by atoms with Gasteiger partial charge in [0.15, 0.2) is 6.10 Å². The molecule has 0 spiro atoms. The Hall–Kier alpha value is -4.45. The van der Waals surface area contributed by atoms with E-state index in [1.165, 1.54) is 109 Å². The molecule has 0 saturated heterocycles. The number of ether oxygens (including phenoxy) is 3. The van der Waals surface area contributed by atoms with Gasteiger partial charge >= 0.3 is 17.9 Å². The van der Waals surface area contributed by atoms with Crippen LogP contribution in [0.3, 0.4) is 0 Å². The fraction of sp³-hybridized carbons (Fsp3) is 0.653. The van der Waals surface area contributed by atoms with E-state index in [1.807, 2.05) is 0 Å². The van der Waals surface area contributed by atoms with Crippen LogP contribution in [0.1, 0.15) is 284 Å². The summed E-state index contributed by atoms with van der Waals surface area (Å²) >= 11 is 0. The van der Waals surface area contributed by atoms with Crippen LogP contribution < -0.4 is 0 Å². The van der Waals surface area contributed by atoms with E-state index >= 15 is 0 Å². The largest absolute Gasteiger partial charge is 0.462 e. The van der Waals surface area contributed by atoms with Gasteiger partial charge in [-0.05, 0) is 122 Å². The zero-order valence-corrected chi connectivity index (χ0v) is 50.6. The first-order valence-corrected chi connectivity index (χ1v) is 32.2. The van der Waals surface area contributed by atoms with Gasteiger partial charge in [-0.1, -0.05) is 276 Å². The van der Waals surface area contributed by atoms with Crippen LogP contribution in [0.2, 0.25) is 0 Å². The first-order valence-electron chi connectivity index (χ1n) is 32.2. The third kappa shape index (κ3) is 62.4. The van der Waals surface area contributed by atoms with E-state index in [1.54, 1.807) is 0 Å². The number of carbonyl (C=O) groups is 3. The van der Waals surface area contributed by atoms with Crippen molar-refractivity contribution in [3.63, 3.8) is 0 Å². The Morgan fingerprint density at radius 3 is 0.833 bits per heavy atom. The third-order valence-electron chi connectivity index (χ3n) is 13.4. The highest BCUT2D eigenvalue weighted by Gasteiger charge is 2.19. The Morgan fingerprint density at radius 1 is 0.269 bits per heavy atom. The third-order valence-corrected chi connectivity index (χ3v) is 13.4. The zero-order valence-electron chi connectivity index (χ0n) is 50.6. The van der Waals surface area contributed by atoms with E-state index < -0.39 is 6.10 Å². The molecule has 0 aromatic rings. The van der Waals surface area contributed by atoms with Crippen LogP contribution in [0.5, 0.6) is 0 Å². The monoisotopic (exact) mass is 1080 g/mol. The van der Waals surface area contributed by atoms with Crippen LogP contribution in [-0.4, -0.2) is 37.2 Å². The van der Waals surface area contributed by atoms with Crippen molar-refractivity contribution in [2.45, 2.75) is 290 Å².